The van der Waals surface area contributed by atoms with E-state index < -0.39 is 0 Å². The lowest BCUT2D eigenvalue weighted by Crippen LogP contribution is -2.43. The third-order valence-electron chi connectivity index (χ3n) is 3.42. The molecule has 0 radical (unpaired) electrons. The van der Waals surface area contributed by atoms with E-state index in [0.717, 1.165) is 24.5 Å². The van der Waals surface area contributed by atoms with E-state index in [1.807, 2.05) is 12.1 Å². The van der Waals surface area contributed by atoms with Crippen molar-refractivity contribution in [2.24, 2.45) is 16.6 Å². The lowest BCUT2D eigenvalue weighted by molar-refractivity contribution is 0.270. The summed E-state index contributed by atoms with van der Waals surface area (Å²) in [6, 6.07) is 3.80. The fraction of sp³-hybridized carbons (Fsp3) is 0.571. The molecule has 2 N–H and O–H groups in total. The first-order chi connectivity index (χ1) is 9.19. The summed E-state index contributed by atoms with van der Waals surface area (Å²) in [6.45, 7) is 4.78. The van der Waals surface area contributed by atoms with Crippen LogP contribution in [-0.4, -0.2) is 36.0 Å². The maximum Gasteiger partial charge on any atom is 0.191 e. The number of ether oxygens (including phenoxy) is 1. The van der Waals surface area contributed by atoms with Gasteiger partial charge in [0.2, 0.25) is 0 Å². The van der Waals surface area contributed by atoms with Gasteiger partial charge in [0.15, 0.2) is 5.96 Å². The predicted molar refractivity (Wildman–Crippen MR) is 76.1 cm³/mol. The summed E-state index contributed by atoms with van der Waals surface area (Å²) < 4.78 is 5.07. The van der Waals surface area contributed by atoms with E-state index in [0.29, 0.717) is 18.4 Å². The van der Waals surface area contributed by atoms with Crippen LogP contribution in [0.1, 0.15) is 25.5 Å². The fourth-order valence-corrected chi connectivity index (χ4v) is 2.28. The first-order valence-corrected chi connectivity index (χ1v) is 6.73. The molecule has 1 aliphatic rings. The van der Waals surface area contributed by atoms with E-state index in [-0.39, 0.29) is 0 Å². The Morgan fingerprint density at radius 3 is 3.05 bits per heavy atom. The van der Waals surface area contributed by atoms with Gasteiger partial charge in [-0.05, 0) is 30.9 Å². The number of guanidine groups is 1. The van der Waals surface area contributed by atoms with Crippen molar-refractivity contribution < 1.29 is 4.74 Å². The lowest BCUT2D eigenvalue weighted by Gasteiger charge is -2.31. The molecular weight excluding hydrogens is 240 g/mol. The van der Waals surface area contributed by atoms with Crippen LogP contribution in [0.3, 0.4) is 0 Å². The van der Waals surface area contributed by atoms with Crippen LogP contribution in [0.5, 0.6) is 5.75 Å². The molecule has 5 heteroatoms. The highest BCUT2D eigenvalue weighted by atomic mass is 16.5. The zero-order valence-corrected chi connectivity index (χ0v) is 11.7. The van der Waals surface area contributed by atoms with Crippen molar-refractivity contribution in [1.82, 2.24) is 9.88 Å². The molecule has 0 spiro atoms. The van der Waals surface area contributed by atoms with Crippen molar-refractivity contribution in [3.8, 4) is 5.75 Å². The second kappa shape index (κ2) is 6.41. The Hall–Kier alpha value is -1.78. The summed E-state index contributed by atoms with van der Waals surface area (Å²) in [5.74, 6) is 2.08. The molecular formula is C14H22N4O. The Morgan fingerprint density at radius 1 is 1.58 bits per heavy atom. The Balaban J connectivity index is 1.92. The van der Waals surface area contributed by atoms with Gasteiger partial charge in [-0.2, -0.15) is 0 Å². The topological polar surface area (TPSA) is 63.7 Å². The molecule has 104 valence electrons. The molecule has 1 unspecified atom stereocenters. The highest BCUT2D eigenvalue weighted by molar-refractivity contribution is 5.78. The van der Waals surface area contributed by atoms with E-state index >= 15 is 0 Å². The quantitative estimate of drug-likeness (QED) is 0.664. The van der Waals surface area contributed by atoms with Gasteiger partial charge in [0.05, 0.1) is 25.5 Å². The molecule has 0 bridgehead atoms. The average Bonchev–Trinajstić information content (AvgIpc) is 2.45. The van der Waals surface area contributed by atoms with Gasteiger partial charge in [-0.1, -0.05) is 6.92 Å². The van der Waals surface area contributed by atoms with Crippen molar-refractivity contribution in [1.29, 1.82) is 0 Å². The molecule has 0 amide bonds. The maximum atomic E-state index is 6.04. The van der Waals surface area contributed by atoms with Crippen LogP contribution in [0.15, 0.2) is 23.3 Å². The Kier molecular flexibility index (Phi) is 4.60. The smallest absolute Gasteiger partial charge is 0.191 e. The van der Waals surface area contributed by atoms with E-state index in [9.17, 15) is 0 Å². The van der Waals surface area contributed by atoms with Gasteiger partial charge in [-0.15, -0.1) is 0 Å². The minimum Gasteiger partial charge on any atom is -0.495 e. The fourth-order valence-electron chi connectivity index (χ4n) is 2.28. The highest BCUT2D eigenvalue weighted by Crippen LogP contribution is 2.15. The molecule has 0 aromatic carbocycles. The normalized spacial score (nSPS) is 20.4. The molecule has 1 aromatic heterocycles. The van der Waals surface area contributed by atoms with Gasteiger partial charge in [0.25, 0.3) is 0 Å². The first kappa shape index (κ1) is 13.6. The van der Waals surface area contributed by atoms with Gasteiger partial charge < -0.3 is 15.4 Å². The lowest BCUT2D eigenvalue weighted by atomic mass is 10.0. The monoisotopic (exact) mass is 262 g/mol. The number of hydrogen-bond donors (Lipinski definition) is 1. The third-order valence-corrected chi connectivity index (χ3v) is 3.42. The minimum absolute atomic E-state index is 0.515. The van der Waals surface area contributed by atoms with Crippen LogP contribution < -0.4 is 10.5 Å². The molecule has 0 saturated carbocycles. The van der Waals surface area contributed by atoms with Crippen LogP contribution in [0.25, 0.3) is 0 Å². The standard InChI is InChI=1S/C14H22N4O/c1-11-4-3-7-18(10-11)14(15)17-8-12-5-6-13(19-2)9-16-12/h5-6,9,11H,3-4,7-8,10H2,1-2H3,(H2,15,17). The Labute approximate surface area is 114 Å². The van der Waals surface area contributed by atoms with Crippen LogP contribution in [0.4, 0.5) is 0 Å². The summed E-state index contributed by atoms with van der Waals surface area (Å²) in [5.41, 5.74) is 6.94. The van der Waals surface area contributed by atoms with E-state index in [1.165, 1.54) is 12.8 Å². The molecule has 1 aliphatic heterocycles. The molecule has 19 heavy (non-hydrogen) atoms. The molecule has 0 aliphatic carbocycles. The number of likely N-dealkylation sites (tertiary alicyclic amines) is 1. The molecule has 2 heterocycles. The van der Waals surface area contributed by atoms with Crippen molar-refractivity contribution >= 4 is 5.96 Å². The van der Waals surface area contributed by atoms with Crippen molar-refractivity contribution in [3.63, 3.8) is 0 Å². The zero-order valence-electron chi connectivity index (χ0n) is 11.7. The van der Waals surface area contributed by atoms with E-state index in [4.69, 9.17) is 10.5 Å². The molecule has 2 rings (SSSR count). The average molecular weight is 262 g/mol. The number of pyridine rings is 1. The zero-order chi connectivity index (χ0) is 13.7. The van der Waals surface area contributed by atoms with Gasteiger partial charge in [0, 0.05) is 13.1 Å². The van der Waals surface area contributed by atoms with Gasteiger partial charge in [-0.3, -0.25) is 4.98 Å². The predicted octanol–water partition coefficient (Wildman–Crippen LogP) is 1.64. The Bertz CT molecular complexity index is 430. The highest BCUT2D eigenvalue weighted by Gasteiger charge is 2.17. The second-order valence-corrected chi connectivity index (χ2v) is 5.06. The second-order valence-electron chi connectivity index (χ2n) is 5.06. The SMILES string of the molecule is COc1ccc(CN=C(N)N2CCCC(C)C2)nc1. The summed E-state index contributed by atoms with van der Waals surface area (Å²) >= 11 is 0. The molecule has 1 saturated heterocycles. The number of aromatic nitrogens is 1. The number of rotatable bonds is 3. The van der Waals surface area contributed by atoms with Crippen LogP contribution in [0, 0.1) is 5.92 Å². The number of nitrogens with two attached hydrogens (primary N) is 1. The number of methoxy groups -OCH3 is 1. The summed E-state index contributed by atoms with van der Waals surface area (Å²) in [4.78, 5) is 10.9. The van der Waals surface area contributed by atoms with Gasteiger partial charge >= 0.3 is 0 Å². The summed E-state index contributed by atoms with van der Waals surface area (Å²) in [7, 11) is 1.63. The first-order valence-electron chi connectivity index (χ1n) is 6.73. The number of piperidine rings is 1. The molecule has 5 nitrogen and oxygen atoms in total. The molecule has 1 aromatic rings. The van der Waals surface area contributed by atoms with Gasteiger partial charge in [0.1, 0.15) is 5.75 Å². The Morgan fingerprint density at radius 2 is 2.42 bits per heavy atom. The number of nitrogens with zero attached hydrogens (tertiary/aromatic N) is 3. The van der Waals surface area contributed by atoms with Crippen molar-refractivity contribution in [2.45, 2.75) is 26.3 Å². The maximum absolute atomic E-state index is 6.04. The van der Waals surface area contributed by atoms with Crippen LogP contribution >= 0.6 is 0 Å². The third kappa shape index (κ3) is 3.84. The molecule has 1 fully saturated rings. The van der Waals surface area contributed by atoms with Crippen LogP contribution in [-0.2, 0) is 6.54 Å². The van der Waals surface area contributed by atoms with E-state index in [2.05, 4.69) is 21.8 Å². The summed E-state index contributed by atoms with van der Waals surface area (Å²) in [5, 5.41) is 0. The number of hydrogen-bond acceptors (Lipinski definition) is 3. The number of aliphatic imine (C=N–C) groups is 1. The van der Waals surface area contributed by atoms with Gasteiger partial charge in [-0.25, -0.2) is 4.99 Å². The summed E-state index contributed by atoms with van der Waals surface area (Å²) in [6.07, 6.45) is 4.17. The minimum atomic E-state index is 0.515. The van der Waals surface area contributed by atoms with Crippen LogP contribution in [0.2, 0.25) is 0 Å². The largest absolute Gasteiger partial charge is 0.495 e. The molecule has 1 atom stereocenters. The van der Waals surface area contributed by atoms with Crippen molar-refractivity contribution in [3.05, 3.63) is 24.0 Å². The van der Waals surface area contributed by atoms with Crippen molar-refractivity contribution in [2.75, 3.05) is 20.2 Å². The van der Waals surface area contributed by atoms with E-state index in [1.54, 1.807) is 13.3 Å².